The minimum absolute atomic E-state index is 0.0709. The van der Waals surface area contributed by atoms with Gasteiger partial charge in [-0.05, 0) is 86.5 Å². The molecule has 3 heterocycles. The van der Waals surface area contributed by atoms with Crippen molar-refractivity contribution in [2.24, 2.45) is 5.92 Å². The van der Waals surface area contributed by atoms with Crippen LogP contribution in [-0.2, 0) is 5.54 Å². The van der Waals surface area contributed by atoms with E-state index in [1.54, 1.807) is 0 Å². The largest absolute Gasteiger partial charge is 0.322 e. The fraction of sp³-hybridized carbons (Fsp3) is 0.565. The number of tetrazole rings is 1. The van der Waals surface area contributed by atoms with E-state index in [-0.39, 0.29) is 17.1 Å². The molecular formula is C23H32N6O. The van der Waals surface area contributed by atoms with Gasteiger partial charge < -0.3 is 4.98 Å². The fourth-order valence-corrected chi connectivity index (χ4v) is 4.45. The summed E-state index contributed by atoms with van der Waals surface area (Å²) in [5.74, 6) is 1.32. The van der Waals surface area contributed by atoms with Crippen LogP contribution in [0.5, 0.6) is 0 Å². The van der Waals surface area contributed by atoms with Crippen molar-refractivity contribution in [1.29, 1.82) is 0 Å². The minimum atomic E-state index is -0.276. The molecule has 1 fully saturated rings. The Morgan fingerprint density at radius 2 is 2.10 bits per heavy atom. The van der Waals surface area contributed by atoms with Gasteiger partial charge in [0.15, 0.2) is 5.82 Å². The second-order valence-corrected chi connectivity index (χ2v) is 9.40. The highest BCUT2D eigenvalue weighted by Crippen LogP contribution is 2.33. The van der Waals surface area contributed by atoms with Crippen LogP contribution in [0.15, 0.2) is 29.1 Å². The predicted octanol–water partition coefficient (Wildman–Crippen LogP) is 3.79. The zero-order valence-electron chi connectivity index (χ0n) is 18.6. The van der Waals surface area contributed by atoms with E-state index < -0.39 is 0 Å². The maximum atomic E-state index is 13.2. The third-order valence-electron chi connectivity index (χ3n) is 6.55. The van der Waals surface area contributed by atoms with Crippen LogP contribution in [0.4, 0.5) is 0 Å². The average molecular weight is 409 g/mol. The summed E-state index contributed by atoms with van der Waals surface area (Å²) in [6.45, 7) is 12.6. The number of nitrogens with one attached hydrogen (secondary N) is 1. The Balaban J connectivity index is 1.91. The summed E-state index contributed by atoms with van der Waals surface area (Å²) in [5.41, 5.74) is 2.43. The molecule has 0 bridgehead atoms. The number of nitrogens with zero attached hydrogens (tertiary/aromatic N) is 5. The zero-order chi connectivity index (χ0) is 21.5. The third kappa shape index (κ3) is 3.78. The summed E-state index contributed by atoms with van der Waals surface area (Å²) in [6.07, 6.45) is 3.21. The number of fused-ring (bicyclic) bond motifs is 1. The number of rotatable bonds is 5. The van der Waals surface area contributed by atoms with Crippen molar-refractivity contribution in [2.75, 3.05) is 13.1 Å². The smallest absolute Gasteiger partial charge is 0.253 e. The molecule has 0 radical (unpaired) electrons. The minimum Gasteiger partial charge on any atom is -0.322 e. The lowest BCUT2D eigenvalue weighted by atomic mass is 9.94. The van der Waals surface area contributed by atoms with E-state index in [9.17, 15) is 4.79 Å². The van der Waals surface area contributed by atoms with Gasteiger partial charge in [0.25, 0.3) is 5.56 Å². The molecule has 2 aromatic heterocycles. The maximum absolute atomic E-state index is 13.2. The summed E-state index contributed by atoms with van der Waals surface area (Å²) >= 11 is 0. The number of pyridine rings is 1. The average Bonchev–Trinajstić information content (AvgIpc) is 3.19. The zero-order valence-corrected chi connectivity index (χ0v) is 18.6. The number of hydrogen-bond donors (Lipinski definition) is 1. The summed E-state index contributed by atoms with van der Waals surface area (Å²) < 4.78 is 1.91. The van der Waals surface area contributed by atoms with Gasteiger partial charge >= 0.3 is 0 Å². The molecule has 3 aromatic rings. The van der Waals surface area contributed by atoms with Gasteiger partial charge in [0, 0.05) is 17.6 Å². The molecule has 1 aliphatic rings. The Bertz CT molecular complexity index is 1100. The Kier molecular flexibility index (Phi) is 5.49. The first kappa shape index (κ1) is 20.7. The number of piperidine rings is 1. The van der Waals surface area contributed by atoms with Gasteiger partial charge in [-0.15, -0.1) is 5.10 Å². The van der Waals surface area contributed by atoms with E-state index >= 15 is 0 Å². The maximum Gasteiger partial charge on any atom is 0.253 e. The van der Waals surface area contributed by atoms with E-state index in [1.165, 1.54) is 12.0 Å². The normalized spacial score (nSPS) is 19.3. The lowest BCUT2D eigenvalue weighted by molar-refractivity contribution is 0.135. The fourth-order valence-electron chi connectivity index (χ4n) is 4.45. The molecule has 0 aliphatic carbocycles. The molecule has 0 unspecified atom stereocenters. The first-order chi connectivity index (χ1) is 14.3. The van der Waals surface area contributed by atoms with E-state index in [0.717, 1.165) is 42.7 Å². The molecule has 1 saturated heterocycles. The molecule has 1 N–H and O–H groups in total. The first-order valence-corrected chi connectivity index (χ1v) is 11.0. The van der Waals surface area contributed by atoms with Crippen molar-refractivity contribution in [3.63, 3.8) is 0 Å². The van der Waals surface area contributed by atoms with Gasteiger partial charge in [0.05, 0.1) is 5.54 Å². The number of benzene rings is 1. The molecule has 30 heavy (non-hydrogen) atoms. The van der Waals surface area contributed by atoms with Crippen molar-refractivity contribution in [3.8, 4) is 0 Å². The van der Waals surface area contributed by atoms with Crippen molar-refractivity contribution in [2.45, 2.75) is 65.5 Å². The van der Waals surface area contributed by atoms with Crippen LogP contribution in [0, 0.1) is 12.8 Å². The SMILES string of the molecule is CCC(C)(C)n1nnnc1[C@@H](c1cc2cc(C)ccc2[nH]c1=O)N1CCC[C@@H](C)C1. The van der Waals surface area contributed by atoms with Crippen molar-refractivity contribution < 1.29 is 0 Å². The number of aromatic nitrogens is 5. The molecule has 1 aliphatic heterocycles. The topological polar surface area (TPSA) is 79.7 Å². The van der Waals surface area contributed by atoms with Crippen LogP contribution in [-0.4, -0.2) is 43.2 Å². The number of hydrogen-bond acceptors (Lipinski definition) is 5. The highest BCUT2D eigenvalue weighted by atomic mass is 16.1. The Morgan fingerprint density at radius 3 is 2.83 bits per heavy atom. The van der Waals surface area contributed by atoms with Crippen LogP contribution in [0.3, 0.4) is 0 Å². The van der Waals surface area contributed by atoms with E-state index in [2.05, 4.69) is 66.1 Å². The van der Waals surface area contributed by atoms with Crippen molar-refractivity contribution >= 4 is 10.9 Å². The summed E-state index contributed by atoms with van der Waals surface area (Å²) in [4.78, 5) is 18.7. The Hall–Kier alpha value is -2.54. The molecule has 7 heteroatoms. The van der Waals surface area contributed by atoms with Gasteiger partial charge in [-0.2, -0.15) is 0 Å². The van der Waals surface area contributed by atoms with Gasteiger partial charge in [0.2, 0.25) is 0 Å². The van der Waals surface area contributed by atoms with Gasteiger partial charge in [-0.1, -0.05) is 25.5 Å². The second-order valence-electron chi connectivity index (χ2n) is 9.40. The molecule has 160 valence electrons. The molecule has 2 atom stereocenters. The van der Waals surface area contributed by atoms with Crippen LogP contribution >= 0.6 is 0 Å². The van der Waals surface area contributed by atoms with E-state index in [4.69, 9.17) is 0 Å². The van der Waals surface area contributed by atoms with Crippen LogP contribution < -0.4 is 5.56 Å². The van der Waals surface area contributed by atoms with Crippen LogP contribution in [0.1, 0.15) is 70.0 Å². The molecule has 0 spiro atoms. The number of likely N-dealkylation sites (tertiary alicyclic amines) is 1. The van der Waals surface area contributed by atoms with Crippen LogP contribution in [0.2, 0.25) is 0 Å². The van der Waals surface area contributed by atoms with Crippen molar-refractivity contribution in [3.05, 3.63) is 51.6 Å². The second kappa shape index (κ2) is 7.95. The number of H-pyrrole nitrogens is 1. The first-order valence-electron chi connectivity index (χ1n) is 11.0. The molecule has 7 nitrogen and oxygen atoms in total. The standard InChI is InChI=1S/C23H32N6O/c1-6-23(4,5)29-21(25-26-27-29)20(28-11-7-8-16(3)14-28)18-13-17-12-15(2)9-10-19(17)24-22(18)30/h9-10,12-13,16,20H,6-8,11,14H2,1-5H3,(H,24,30)/t16-,20-/m1/s1. The quantitative estimate of drug-likeness (QED) is 0.695. The molecule has 1 aromatic carbocycles. The monoisotopic (exact) mass is 408 g/mol. The molecule has 4 rings (SSSR count). The number of aromatic amines is 1. The van der Waals surface area contributed by atoms with Gasteiger partial charge in [0.1, 0.15) is 6.04 Å². The Morgan fingerprint density at radius 1 is 1.30 bits per heavy atom. The third-order valence-corrected chi connectivity index (χ3v) is 6.55. The van der Waals surface area contributed by atoms with Crippen LogP contribution in [0.25, 0.3) is 10.9 Å². The summed E-state index contributed by atoms with van der Waals surface area (Å²) in [7, 11) is 0. The summed E-state index contributed by atoms with van der Waals surface area (Å²) in [5, 5.41) is 13.9. The number of aryl methyl sites for hydroxylation is 1. The highest BCUT2D eigenvalue weighted by Gasteiger charge is 2.35. The Labute approximate surface area is 177 Å². The lowest BCUT2D eigenvalue weighted by Gasteiger charge is -2.37. The molecule has 0 amide bonds. The molecule has 0 saturated carbocycles. The summed E-state index contributed by atoms with van der Waals surface area (Å²) in [6, 6.07) is 7.86. The molecular weight excluding hydrogens is 376 g/mol. The van der Waals surface area contributed by atoms with Crippen molar-refractivity contribution in [1.82, 2.24) is 30.1 Å². The predicted molar refractivity (Wildman–Crippen MR) is 119 cm³/mol. The lowest BCUT2D eigenvalue weighted by Crippen LogP contribution is -2.42. The van der Waals surface area contributed by atoms with Gasteiger partial charge in [-0.25, -0.2) is 4.68 Å². The highest BCUT2D eigenvalue weighted by molar-refractivity contribution is 5.79. The van der Waals surface area contributed by atoms with Gasteiger partial charge in [-0.3, -0.25) is 9.69 Å². The van der Waals surface area contributed by atoms with E-state index in [1.807, 2.05) is 22.9 Å². The van der Waals surface area contributed by atoms with E-state index in [0.29, 0.717) is 11.5 Å².